The van der Waals surface area contributed by atoms with Crippen LogP contribution in [0.15, 0.2) is 10.5 Å². The summed E-state index contributed by atoms with van der Waals surface area (Å²) in [5.74, 6) is -2.74. The summed E-state index contributed by atoms with van der Waals surface area (Å²) in [5.41, 5.74) is 3.56. The number of nitrogens with two attached hydrogens (primary N) is 1. The standard InChI is InChI=1S/C11H14N4O5S/c1-5(16)13-8(17)7(6-4-21-10(12)14-6)15-20-11(2,3)9(18)19/h4H,1-3H3,(H2,12,14)(H,18,19)(H,13,16,17)/b15-7-. The Kier molecular flexibility index (Phi) is 4.97. The van der Waals surface area contributed by atoms with E-state index < -0.39 is 23.4 Å². The number of nitrogens with one attached hydrogen (secondary N) is 1. The van der Waals surface area contributed by atoms with E-state index in [2.05, 4.69) is 10.1 Å². The van der Waals surface area contributed by atoms with Gasteiger partial charge in [0.05, 0.1) is 0 Å². The monoisotopic (exact) mass is 314 g/mol. The van der Waals surface area contributed by atoms with Crippen LogP contribution in [0.5, 0.6) is 0 Å². The fraction of sp³-hybridized carbons (Fsp3) is 0.364. The maximum absolute atomic E-state index is 11.9. The molecule has 0 aliphatic carbocycles. The second-order valence-corrected chi connectivity index (χ2v) is 5.32. The second-order valence-electron chi connectivity index (χ2n) is 4.43. The highest BCUT2D eigenvalue weighted by Crippen LogP contribution is 2.15. The maximum Gasteiger partial charge on any atom is 0.350 e. The Morgan fingerprint density at radius 3 is 2.52 bits per heavy atom. The van der Waals surface area contributed by atoms with Gasteiger partial charge in [-0.15, -0.1) is 11.3 Å². The summed E-state index contributed by atoms with van der Waals surface area (Å²) >= 11 is 1.06. The molecule has 0 radical (unpaired) electrons. The number of aliphatic carboxylic acids is 1. The number of thiazole rings is 1. The van der Waals surface area contributed by atoms with Gasteiger partial charge in [0.15, 0.2) is 10.8 Å². The summed E-state index contributed by atoms with van der Waals surface area (Å²) in [4.78, 5) is 42.5. The highest BCUT2D eigenvalue weighted by atomic mass is 32.1. The van der Waals surface area contributed by atoms with Gasteiger partial charge in [0.1, 0.15) is 5.69 Å². The van der Waals surface area contributed by atoms with Crippen LogP contribution in [-0.2, 0) is 19.2 Å². The second kappa shape index (κ2) is 6.31. The number of oxime groups is 1. The van der Waals surface area contributed by atoms with Crippen molar-refractivity contribution in [2.24, 2.45) is 5.16 Å². The van der Waals surface area contributed by atoms with Crippen LogP contribution in [0.3, 0.4) is 0 Å². The normalized spacial score (nSPS) is 11.9. The molecule has 0 spiro atoms. The molecule has 0 aromatic carbocycles. The summed E-state index contributed by atoms with van der Waals surface area (Å²) in [6, 6.07) is 0. The molecule has 2 amide bonds. The minimum Gasteiger partial charge on any atom is -0.478 e. The fourth-order valence-corrected chi connectivity index (χ4v) is 1.57. The number of nitrogen functional groups attached to an aromatic ring is 1. The van der Waals surface area contributed by atoms with Crippen molar-refractivity contribution in [1.82, 2.24) is 10.3 Å². The highest BCUT2D eigenvalue weighted by molar-refractivity contribution is 7.13. The van der Waals surface area contributed by atoms with Gasteiger partial charge >= 0.3 is 5.97 Å². The predicted octanol–water partition coefficient (Wildman–Crippen LogP) is -0.0281. The third-order valence-electron chi connectivity index (χ3n) is 2.15. The molecule has 0 saturated carbocycles. The van der Waals surface area contributed by atoms with Crippen LogP contribution in [0.1, 0.15) is 26.5 Å². The van der Waals surface area contributed by atoms with E-state index in [9.17, 15) is 14.4 Å². The zero-order valence-corrected chi connectivity index (χ0v) is 12.4. The van der Waals surface area contributed by atoms with Crippen LogP contribution in [0.4, 0.5) is 5.13 Å². The number of carboxylic acid groups (broad SMARTS) is 1. The van der Waals surface area contributed by atoms with Gasteiger partial charge in [-0.25, -0.2) is 9.78 Å². The van der Waals surface area contributed by atoms with Gasteiger partial charge in [-0.1, -0.05) is 5.16 Å². The van der Waals surface area contributed by atoms with Crippen LogP contribution in [-0.4, -0.2) is 39.2 Å². The van der Waals surface area contributed by atoms with E-state index in [4.69, 9.17) is 15.7 Å². The van der Waals surface area contributed by atoms with Crippen molar-refractivity contribution in [3.63, 3.8) is 0 Å². The number of anilines is 1. The number of nitrogens with zero attached hydrogens (tertiary/aromatic N) is 2. The average molecular weight is 314 g/mol. The summed E-state index contributed by atoms with van der Waals surface area (Å²) in [7, 11) is 0. The van der Waals surface area contributed by atoms with Crippen molar-refractivity contribution in [1.29, 1.82) is 0 Å². The first kappa shape index (κ1) is 16.6. The molecule has 1 aromatic heterocycles. The molecule has 21 heavy (non-hydrogen) atoms. The van der Waals surface area contributed by atoms with Gasteiger partial charge < -0.3 is 15.7 Å². The Balaban J connectivity index is 3.10. The molecule has 4 N–H and O–H groups in total. The molecule has 0 fully saturated rings. The lowest BCUT2D eigenvalue weighted by Crippen LogP contribution is -2.37. The predicted molar refractivity (Wildman–Crippen MR) is 74.7 cm³/mol. The number of hydrogen-bond donors (Lipinski definition) is 3. The smallest absolute Gasteiger partial charge is 0.350 e. The quantitative estimate of drug-likeness (QED) is 0.511. The molecule has 0 aliphatic heterocycles. The van der Waals surface area contributed by atoms with Crippen molar-refractivity contribution in [3.8, 4) is 0 Å². The molecule has 1 heterocycles. The number of hydrogen-bond acceptors (Lipinski definition) is 8. The Hall–Kier alpha value is -2.49. The van der Waals surface area contributed by atoms with Crippen LogP contribution in [0.2, 0.25) is 0 Å². The number of aromatic nitrogens is 1. The van der Waals surface area contributed by atoms with E-state index in [1.54, 1.807) is 0 Å². The molecule has 1 rings (SSSR count). The zero-order valence-electron chi connectivity index (χ0n) is 11.5. The van der Waals surface area contributed by atoms with Gasteiger partial charge in [0, 0.05) is 12.3 Å². The largest absolute Gasteiger partial charge is 0.478 e. The molecule has 0 saturated heterocycles. The molecule has 0 aliphatic rings. The van der Waals surface area contributed by atoms with Crippen molar-refractivity contribution >= 4 is 40.0 Å². The molecule has 0 atom stereocenters. The fourth-order valence-electron chi connectivity index (χ4n) is 1.02. The highest BCUT2D eigenvalue weighted by Gasteiger charge is 2.31. The van der Waals surface area contributed by atoms with E-state index in [0.717, 1.165) is 18.3 Å². The maximum atomic E-state index is 11.9. The topological polar surface area (TPSA) is 144 Å². The Morgan fingerprint density at radius 1 is 1.48 bits per heavy atom. The SMILES string of the molecule is CC(=O)NC(=O)/C(=N\OC(C)(C)C(=O)O)c1csc(N)n1. The van der Waals surface area contributed by atoms with Crippen molar-refractivity contribution in [2.75, 3.05) is 5.73 Å². The third-order valence-corrected chi connectivity index (χ3v) is 2.82. The molecule has 1 aromatic rings. The van der Waals surface area contributed by atoms with Gasteiger partial charge in [0.25, 0.3) is 5.91 Å². The number of carbonyl (C=O) groups is 3. The third kappa shape index (κ3) is 4.53. The number of amides is 2. The van der Waals surface area contributed by atoms with Gasteiger partial charge in [-0.05, 0) is 13.8 Å². The summed E-state index contributed by atoms with van der Waals surface area (Å²) in [6.45, 7) is 3.66. The number of imide groups is 1. The summed E-state index contributed by atoms with van der Waals surface area (Å²) in [5, 5.41) is 16.1. The molecule has 9 nitrogen and oxygen atoms in total. The van der Waals surface area contributed by atoms with Crippen LogP contribution in [0, 0.1) is 0 Å². The number of rotatable bonds is 5. The average Bonchev–Trinajstić information content (AvgIpc) is 2.74. The molecule has 0 bridgehead atoms. The number of carbonyl (C=O) groups excluding carboxylic acids is 2. The van der Waals surface area contributed by atoms with Crippen molar-refractivity contribution < 1.29 is 24.3 Å². The zero-order chi connectivity index (χ0) is 16.2. The van der Waals surface area contributed by atoms with Gasteiger partial charge in [0.2, 0.25) is 11.5 Å². The van der Waals surface area contributed by atoms with Gasteiger partial charge in [-0.3, -0.25) is 14.9 Å². The van der Waals surface area contributed by atoms with Crippen molar-refractivity contribution in [2.45, 2.75) is 26.4 Å². The molecular formula is C11H14N4O5S. The van der Waals surface area contributed by atoms with E-state index >= 15 is 0 Å². The summed E-state index contributed by atoms with van der Waals surface area (Å²) in [6.07, 6.45) is 0. The first-order chi connectivity index (χ1) is 9.63. The van der Waals surface area contributed by atoms with Crippen LogP contribution in [0.25, 0.3) is 0 Å². The lowest BCUT2D eigenvalue weighted by atomic mass is 10.1. The van der Waals surface area contributed by atoms with Gasteiger partial charge in [-0.2, -0.15) is 0 Å². The molecule has 10 heteroatoms. The molecule has 114 valence electrons. The lowest BCUT2D eigenvalue weighted by molar-refractivity contribution is -0.161. The Morgan fingerprint density at radius 2 is 2.10 bits per heavy atom. The summed E-state index contributed by atoms with van der Waals surface area (Å²) < 4.78 is 0. The Labute approximate surface area is 123 Å². The van der Waals surface area contributed by atoms with E-state index in [1.165, 1.54) is 19.2 Å². The molecule has 0 unspecified atom stereocenters. The minimum atomic E-state index is -1.65. The minimum absolute atomic E-state index is 0.0810. The number of carboxylic acids is 1. The first-order valence-electron chi connectivity index (χ1n) is 5.66. The van der Waals surface area contributed by atoms with Crippen LogP contribution >= 0.6 is 11.3 Å². The lowest BCUT2D eigenvalue weighted by Gasteiger charge is -2.16. The van der Waals surface area contributed by atoms with E-state index in [0.29, 0.717) is 0 Å². The first-order valence-corrected chi connectivity index (χ1v) is 6.54. The van der Waals surface area contributed by atoms with Crippen molar-refractivity contribution in [3.05, 3.63) is 11.1 Å². The van der Waals surface area contributed by atoms with E-state index in [-0.39, 0.29) is 16.5 Å². The van der Waals surface area contributed by atoms with Crippen LogP contribution < -0.4 is 11.1 Å². The van der Waals surface area contributed by atoms with E-state index in [1.807, 2.05) is 5.32 Å². The molecular weight excluding hydrogens is 300 g/mol. The Bertz CT molecular complexity index is 608.